The quantitative estimate of drug-likeness (QED) is 0.154. The van der Waals surface area contributed by atoms with Gasteiger partial charge in [0.25, 0.3) is 0 Å². The second kappa shape index (κ2) is 17.8. The van der Waals surface area contributed by atoms with Crippen molar-refractivity contribution in [1.82, 2.24) is 0 Å². The van der Waals surface area contributed by atoms with Gasteiger partial charge >= 0.3 is 0 Å². The Morgan fingerprint density at radius 3 is 0.903 bits per heavy atom. The van der Waals surface area contributed by atoms with Gasteiger partial charge < -0.3 is 10.2 Å². The zero-order chi connectivity index (χ0) is 23.6. The topological polar surface area (TPSA) is 40.5 Å². The van der Waals surface area contributed by atoms with Crippen LogP contribution in [0.25, 0.3) is 0 Å². The predicted octanol–water partition coefficient (Wildman–Crippen LogP) is 8.88. The molecule has 0 aromatic heterocycles. The van der Waals surface area contributed by atoms with E-state index in [1.165, 1.54) is 99.7 Å². The number of hydrogen-bond donors (Lipinski definition) is 2. The van der Waals surface area contributed by atoms with Gasteiger partial charge in [-0.05, 0) is 12.8 Å². The Balaban J connectivity index is 5.05. The summed E-state index contributed by atoms with van der Waals surface area (Å²) in [4.78, 5) is 0. The van der Waals surface area contributed by atoms with Crippen molar-refractivity contribution in [1.29, 1.82) is 0 Å². The molecular formula is C27H60O2Si2. The van der Waals surface area contributed by atoms with Crippen LogP contribution in [0.5, 0.6) is 0 Å². The maximum absolute atomic E-state index is 10.3. The van der Waals surface area contributed by atoms with Crippen molar-refractivity contribution < 1.29 is 10.2 Å². The molecule has 0 aliphatic heterocycles. The first kappa shape index (κ1) is 31.4. The number of aliphatic hydroxyl groups is 2. The number of hydrogen-bond acceptors (Lipinski definition) is 2. The minimum atomic E-state index is -1.17. The molecule has 0 saturated heterocycles. The normalized spacial score (nSPS) is 13.2. The van der Waals surface area contributed by atoms with Crippen molar-refractivity contribution in [3.63, 3.8) is 0 Å². The average Bonchev–Trinajstić information content (AvgIpc) is 2.74. The van der Waals surface area contributed by atoms with E-state index in [1.54, 1.807) is 0 Å². The summed E-state index contributed by atoms with van der Waals surface area (Å²) < 4.78 is 0. The largest absolute Gasteiger partial charge is 0.396 e. The monoisotopic (exact) mass is 472 g/mol. The van der Waals surface area contributed by atoms with Gasteiger partial charge in [0.2, 0.25) is 0 Å². The Hall–Kier alpha value is 0.354. The van der Waals surface area contributed by atoms with Crippen LogP contribution in [0.4, 0.5) is 0 Å². The number of aliphatic hydroxyl groups excluding tert-OH is 2. The molecule has 0 bridgehead atoms. The van der Waals surface area contributed by atoms with E-state index in [1.807, 2.05) is 0 Å². The third kappa shape index (κ3) is 11.4. The Kier molecular flexibility index (Phi) is 18.0. The van der Waals surface area contributed by atoms with Gasteiger partial charge in [-0.1, -0.05) is 141 Å². The Morgan fingerprint density at radius 1 is 0.452 bits per heavy atom. The minimum absolute atomic E-state index is 0.164. The lowest BCUT2D eigenvalue weighted by molar-refractivity contribution is 0.0383. The summed E-state index contributed by atoms with van der Waals surface area (Å²) in [7, 11) is -2.34. The van der Waals surface area contributed by atoms with Crippen LogP contribution < -0.4 is 0 Å². The summed E-state index contributed by atoms with van der Waals surface area (Å²) in [5.74, 6) is 0. The van der Waals surface area contributed by atoms with Gasteiger partial charge in [0.15, 0.2) is 0 Å². The average molecular weight is 473 g/mol. The van der Waals surface area contributed by atoms with Crippen LogP contribution in [0.15, 0.2) is 0 Å². The maximum Gasteiger partial charge on any atom is 0.0535 e. The molecule has 0 atom stereocenters. The van der Waals surface area contributed by atoms with Gasteiger partial charge in [-0.2, -0.15) is 0 Å². The first-order valence-electron chi connectivity index (χ1n) is 14.1. The fourth-order valence-corrected chi connectivity index (χ4v) is 18.1. The minimum Gasteiger partial charge on any atom is -0.396 e. The molecule has 0 saturated carbocycles. The molecule has 0 heterocycles. The van der Waals surface area contributed by atoms with E-state index >= 15 is 0 Å². The summed E-state index contributed by atoms with van der Waals surface area (Å²) in [6.45, 7) is 14.5. The molecule has 0 aromatic rings. The lowest BCUT2D eigenvalue weighted by Gasteiger charge is -2.36. The van der Waals surface area contributed by atoms with Crippen LogP contribution in [0.1, 0.15) is 106 Å². The highest BCUT2D eigenvalue weighted by Gasteiger charge is 2.35. The van der Waals surface area contributed by atoms with Crippen molar-refractivity contribution in [3.8, 4) is 0 Å². The first-order valence-corrected chi connectivity index (χ1v) is 19.8. The highest BCUT2D eigenvalue weighted by atomic mass is 28.3. The van der Waals surface area contributed by atoms with E-state index in [2.05, 4.69) is 41.5 Å². The van der Waals surface area contributed by atoms with Crippen LogP contribution >= 0.6 is 0 Å². The van der Waals surface area contributed by atoms with E-state index in [9.17, 15) is 10.2 Å². The molecular weight excluding hydrogens is 412 g/mol. The fourth-order valence-electron chi connectivity index (χ4n) is 6.85. The van der Waals surface area contributed by atoms with E-state index in [-0.39, 0.29) is 18.6 Å². The summed E-state index contributed by atoms with van der Waals surface area (Å²) in [6.07, 6.45) is 12.5. The van der Waals surface area contributed by atoms with Crippen LogP contribution in [0.2, 0.25) is 48.4 Å². The van der Waals surface area contributed by atoms with Crippen molar-refractivity contribution >= 4 is 16.1 Å². The summed E-state index contributed by atoms with van der Waals surface area (Å²) in [5.41, 5.74) is -0.241. The van der Waals surface area contributed by atoms with Crippen molar-refractivity contribution in [3.05, 3.63) is 0 Å². The Bertz CT molecular complexity index is 342. The molecule has 2 N–H and O–H groups in total. The van der Waals surface area contributed by atoms with E-state index in [0.717, 1.165) is 12.8 Å². The Morgan fingerprint density at radius 2 is 0.710 bits per heavy atom. The van der Waals surface area contributed by atoms with Crippen LogP contribution in [0, 0.1) is 5.41 Å². The van der Waals surface area contributed by atoms with Gasteiger partial charge in [0, 0.05) is 5.41 Å². The molecule has 0 rings (SSSR count). The smallest absolute Gasteiger partial charge is 0.0535 e. The van der Waals surface area contributed by atoms with Crippen LogP contribution in [-0.4, -0.2) is 39.6 Å². The summed E-state index contributed by atoms with van der Waals surface area (Å²) >= 11 is 0. The highest BCUT2D eigenvalue weighted by Crippen LogP contribution is 2.38. The third-order valence-electron chi connectivity index (χ3n) is 8.18. The van der Waals surface area contributed by atoms with E-state index in [0.29, 0.717) is 0 Å². The van der Waals surface area contributed by atoms with Gasteiger partial charge in [0.05, 0.1) is 29.4 Å². The molecule has 0 spiro atoms. The van der Waals surface area contributed by atoms with Gasteiger partial charge in [-0.3, -0.25) is 0 Å². The molecule has 31 heavy (non-hydrogen) atoms. The summed E-state index contributed by atoms with van der Waals surface area (Å²) in [5, 5.41) is 20.6. The molecule has 188 valence electrons. The molecule has 4 heteroatoms. The fraction of sp³-hybridized carbons (Fsp3) is 1.00. The molecule has 0 aromatic carbocycles. The van der Waals surface area contributed by atoms with Crippen molar-refractivity contribution in [2.75, 3.05) is 13.2 Å². The standard InChI is InChI=1S/C27H60O2Si2/c1-7-17-30(18-8-2,19-9-3)23-13-15-27(25-28,26-29)16-14-24-31(20-10-4,21-11-5)22-12-6/h28-29H,7-26H2,1-6H3. The third-order valence-corrected chi connectivity index (χ3v) is 20.4. The van der Waals surface area contributed by atoms with Crippen LogP contribution in [-0.2, 0) is 0 Å². The molecule has 0 unspecified atom stereocenters. The summed E-state index contributed by atoms with van der Waals surface area (Å²) in [6, 6.07) is 11.6. The zero-order valence-corrected chi connectivity index (χ0v) is 24.5. The molecule has 2 nitrogen and oxygen atoms in total. The van der Waals surface area contributed by atoms with Crippen LogP contribution in [0.3, 0.4) is 0 Å². The van der Waals surface area contributed by atoms with Gasteiger partial charge in [0.1, 0.15) is 0 Å². The molecule has 0 amide bonds. The second-order valence-electron chi connectivity index (χ2n) is 11.0. The SMILES string of the molecule is CCC[Si](CCC)(CCC)CCCC(CO)(CO)CCC[Si](CCC)(CCC)CCC. The predicted molar refractivity (Wildman–Crippen MR) is 147 cm³/mol. The maximum atomic E-state index is 10.3. The lowest BCUT2D eigenvalue weighted by atomic mass is 9.81. The first-order chi connectivity index (χ1) is 14.9. The molecule has 0 radical (unpaired) electrons. The van der Waals surface area contributed by atoms with Crippen molar-refractivity contribution in [2.24, 2.45) is 5.41 Å². The zero-order valence-electron chi connectivity index (χ0n) is 22.5. The molecule has 0 aliphatic carbocycles. The second-order valence-corrected chi connectivity index (χ2v) is 21.0. The van der Waals surface area contributed by atoms with Gasteiger partial charge in [-0.15, -0.1) is 0 Å². The Labute approximate surface area is 199 Å². The van der Waals surface area contributed by atoms with E-state index < -0.39 is 16.1 Å². The van der Waals surface area contributed by atoms with Crippen molar-refractivity contribution in [2.45, 2.75) is 154 Å². The van der Waals surface area contributed by atoms with E-state index in [4.69, 9.17) is 0 Å². The lowest BCUT2D eigenvalue weighted by Crippen LogP contribution is -2.36. The molecule has 0 aliphatic rings. The molecule has 0 fully saturated rings. The number of rotatable bonds is 22. The van der Waals surface area contributed by atoms with Gasteiger partial charge in [-0.25, -0.2) is 0 Å². The highest BCUT2D eigenvalue weighted by molar-refractivity contribution is 6.80.